The van der Waals surface area contributed by atoms with Gasteiger partial charge in [-0.2, -0.15) is 0 Å². The summed E-state index contributed by atoms with van der Waals surface area (Å²) in [5, 5.41) is 6.30. The summed E-state index contributed by atoms with van der Waals surface area (Å²) >= 11 is 0. The third-order valence-corrected chi connectivity index (χ3v) is 3.77. The summed E-state index contributed by atoms with van der Waals surface area (Å²) in [6, 6.07) is 27.5. The molecule has 0 aromatic heterocycles. The number of benzene rings is 3. The van der Waals surface area contributed by atoms with Crippen molar-refractivity contribution in [3.05, 3.63) is 96.1 Å². The number of amides is 1. The molecule has 2 N–H and O–H groups in total. The van der Waals surface area contributed by atoms with Gasteiger partial charge in [-0.3, -0.25) is 4.79 Å². The monoisotopic (exact) mass is 316 g/mol. The average molecular weight is 316 g/mol. The van der Waals surface area contributed by atoms with Crippen LogP contribution < -0.4 is 10.6 Å². The molecule has 0 spiro atoms. The van der Waals surface area contributed by atoms with Crippen LogP contribution in [0.15, 0.2) is 84.9 Å². The molecule has 3 aromatic rings. The second-order valence-corrected chi connectivity index (χ2v) is 5.53. The van der Waals surface area contributed by atoms with E-state index in [1.807, 2.05) is 72.8 Å². The van der Waals surface area contributed by atoms with Crippen LogP contribution in [0.25, 0.3) is 0 Å². The fraction of sp³-hybridized carbons (Fsp3) is 0.0952. The number of hydrogen-bond acceptors (Lipinski definition) is 2. The minimum absolute atomic E-state index is 0.0648. The Labute approximate surface area is 142 Å². The number of hydrogen-bond donors (Lipinski definition) is 2. The highest BCUT2D eigenvalue weighted by atomic mass is 16.1. The summed E-state index contributed by atoms with van der Waals surface area (Å²) < 4.78 is 0. The lowest BCUT2D eigenvalue weighted by Gasteiger charge is -2.12. The number of carbonyl (C=O) groups excluding carboxylic acids is 1. The Kier molecular flexibility index (Phi) is 5.25. The van der Waals surface area contributed by atoms with Crippen molar-refractivity contribution in [3.8, 4) is 0 Å². The molecule has 24 heavy (non-hydrogen) atoms. The van der Waals surface area contributed by atoms with Crippen LogP contribution in [0.5, 0.6) is 0 Å². The Balaban J connectivity index is 1.64. The molecular weight excluding hydrogens is 296 g/mol. The Morgan fingerprint density at radius 3 is 2.12 bits per heavy atom. The second kappa shape index (κ2) is 7.97. The van der Waals surface area contributed by atoms with Crippen molar-refractivity contribution in [2.75, 3.05) is 11.9 Å². The van der Waals surface area contributed by atoms with Crippen LogP contribution in [-0.2, 0) is 6.42 Å². The lowest BCUT2D eigenvalue weighted by Crippen LogP contribution is -2.26. The smallest absolute Gasteiger partial charge is 0.253 e. The molecule has 3 rings (SSSR count). The zero-order chi connectivity index (χ0) is 16.6. The van der Waals surface area contributed by atoms with E-state index in [1.165, 1.54) is 5.56 Å². The number of anilines is 2. The van der Waals surface area contributed by atoms with E-state index in [0.29, 0.717) is 12.1 Å². The van der Waals surface area contributed by atoms with E-state index >= 15 is 0 Å². The van der Waals surface area contributed by atoms with Gasteiger partial charge in [0.1, 0.15) is 0 Å². The number of rotatable bonds is 6. The summed E-state index contributed by atoms with van der Waals surface area (Å²) in [4.78, 5) is 12.5. The average Bonchev–Trinajstić information content (AvgIpc) is 2.64. The maximum Gasteiger partial charge on any atom is 0.253 e. The second-order valence-electron chi connectivity index (χ2n) is 5.53. The molecule has 3 nitrogen and oxygen atoms in total. The van der Waals surface area contributed by atoms with Crippen molar-refractivity contribution in [1.82, 2.24) is 5.32 Å². The van der Waals surface area contributed by atoms with Gasteiger partial charge in [-0.15, -0.1) is 0 Å². The molecule has 0 saturated carbocycles. The summed E-state index contributed by atoms with van der Waals surface area (Å²) in [5.74, 6) is -0.0648. The molecule has 120 valence electrons. The van der Waals surface area contributed by atoms with Crippen LogP contribution in [0.2, 0.25) is 0 Å². The third kappa shape index (κ3) is 4.23. The summed E-state index contributed by atoms with van der Waals surface area (Å²) in [5.41, 5.74) is 3.63. The van der Waals surface area contributed by atoms with E-state index < -0.39 is 0 Å². The maximum absolute atomic E-state index is 12.5. The first-order valence-electron chi connectivity index (χ1n) is 8.06. The molecule has 0 saturated heterocycles. The molecule has 3 aromatic carbocycles. The predicted molar refractivity (Wildman–Crippen MR) is 98.6 cm³/mol. The van der Waals surface area contributed by atoms with Gasteiger partial charge in [0.05, 0.1) is 11.3 Å². The zero-order valence-corrected chi connectivity index (χ0v) is 13.4. The molecular formula is C21H20N2O. The normalized spacial score (nSPS) is 10.2. The van der Waals surface area contributed by atoms with Gasteiger partial charge in [-0.25, -0.2) is 0 Å². The molecule has 3 heteroatoms. The molecule has 0 unspecified atom stereocenters. The van der Waals surface area contributed by atoms with Crippen LogP contribution >= 0.6 is 0 Å². The van der Waals surface area contributed by atoms with Crippen LogP contribution in [0.1, 0.15) is 15.9 Å². The topological polar surface area (TPSA) is 41.1 Å². The summed E-state index contributed by atoms with van der Waals surface area (Å²) in [6.45, 7) is 0.614. The van der Waals surface area contributed by atoms with Crippen molar-refractivity contribution in [2.24, 2.45) is 0 Å². The molecule has 1 amide bonds. The van der Waals surface area contributed by atoms with Crippen LogP contribution in [-0.4, -0.2) is 12.5 Å². The maximum atomic E-state index is 12.5. The SMILES string of the molecule is O=C(NCCc1ccccc1)c1ccccc1Nc1ccccc1. The zero-order valence-electron chi connectivity index (χ0n) is 13.4. The highest BCUT2D eigenvalue weighted by molar-refractivity contribution is 6.00. The molecule has 0 aliphatic rings. The lowest BCUT2D eigenvalue weighted by atomic mass is 10.1. The van der Waals surface area contributed by atoms with Gasteiger partial charge in [0.25, 0.3) is 5.91 Å². The summed E-state index contributed by atoms with van der Waals surface area (Å²) in [7, 11) is 0. The van der Waals surface area contributed by atoms with Crippen LogP contribution in [0, 0.1) is 0 Å². The Hall–Kier alpha value is -3.07. The first kappa shape index (κ1) is 15.8. The van der Waals surface area contributed by atoms with Gasteiger partial charge < -0.3 is 10.6 Å². The Morgan fingerprint density at radius 1 is 0.750 bits per heavy atom. The predicted octanol–water partition coefficient (Wildman–Crippen LogP) is 4.40. The van der Waals surface area contributed by atoms with Gasteiger partial charge in [0.2, 0.25) is 0 Å². The minimum atomic E-state index is -0.0648. The molecule has 0 aliphatic heterocycles. The Morgan fingerprint density at radius 2 is 1.38 bits per heavy atom. The van der Waals surface area contributed by atoms with Crippen molar-refractivity contribution < 1.29 is 4.79 Å². The molecule has 0 radical (unpaired) electrons. The standard InChI is InChI=1S/C21H20N2O/c24-21(22-16-15-17-9-3-1-4-10-17)19-13-7-8-14-20(19)23-18-11-5-2-6-12-18/h1-14,23H,15-16H2,(H,22,24). The van der Waals surface area contributed by atoms with Crippen LogP contribution in [0.4, 0.5) is 11.4 Å². The van der Waals surface area contributed by atoms with Gasteiger partial charge in [-0.05, 0) is 36.2 Å². The van der Waals surface area contributed by atoms with Gasteiger partial charge >= 0.3 is 0 Å². The van der Waals surface area contributed by atoms with E-state index in [4.69, 9.17) is 0 Å². The lowest BCUT2D eigenvalue weighted by molar-refractivity contribution is 0.0955. The largest absolute Gasteiger partial charge is 0.355 e. The molecule has 0 atom stereocenters. The summed E-state index contributed by atoms with van der Waals surface area (Å²) in [6.07, 6.45) is 0.820. The Bertz CT molecular complexity index is 785. The highest BCUT2D eigenvalue weighted by Gasteiger charge is 2.10. The van der Waals surface area contributed by atoms with Gasteiger partial charge in [0.15, 0.2) is 0 Å². The number of nitrogens with one attached hydrogen (secondary N) is 2. The fourth-order valence-corrected chi connectivity index (χ4v) is 2.53. The quantitative estimate of drug-likeness (QED) is 0.707. The van der Waals surface area contributed by atoms with Crippen molar-refractivity contribution in [2.45, 2.75) is 6.42 Å². The van der Waals surface area contributed by atoms with E-state index in [0.717, 1.165) is 17.8 Å². The van der Waals surface area contributed by atoms with E-state index in [2.05, 4.69) is 22.8 Å². The first-order valence-corrected chi connectivity index (χ1v) is 8.06. The minimum Gasteiger partial charge on any atom is -0.355 e. The highest BCUT2D eigenvalue weighted by Crippen LogP contribution is 2.20. The molecule has 0 aliphatic carbocycles. The molecule has 0 fully saturated rings. The van der Waals surface area contributed by atoms with E-state index in [-0.39, 0.29) is 5.91 Å². The molecule has 0 bridgehead atoms. The van der Waals surface area contributed by atoms with E-state index in [9.17, 15) is 4.79 Å². The first-order chi connectivity index (χ1) is 11.8. The van der Waals surface area contributed by atoms with Crippen molar-refractivity contribution >= 4 is 17.3 Å². The van der Waals surface area contributed by atoms with E-state index in [1.54, 1.807) is 0 Å². The van der Waals surface area contributed by atoms with Crippen LogP contribution in [0.3, 0.4) is 0 Å². The number of carbonyl (C=O) groups is 1. The molecule has 0 heterocycles. The van der Waals surface area contributed by atoms with Crippen molar-refractivity contribution in [3.63, 3.8) is 0 Å². The number of para-hydroxylation sites is 2. The van der Waals surface area contributed by atoms with Gasteiger partial charge in [0, 0.05) is 12.2 Å². The van der Waals surface area contributed by atoms with Crippen molar-refractivity contribution in [1.29, 1.82) is 0 Å². The fourth-order valence-electron chi connectivity index (χ4n) is 2.53. The third-order valence-electron chi connectivity index (χ3n) is 3.77. The van der Waals surface area contributed by atoms with Gasteiger partial charge in [-0.1, -0.05) is 60.7 Å².